The topological polar surface area (TPSA) is 135 Å². The number of nitrogens with two attached hydrogens (primary N) is 3. The molecule has 1 aliphatic heterocycles. The van der Waals surface area contributed by atoms with Gasteiger partial charge in [0.1, 0.15) is 0 Å². The number of carbonyl (C=O) groups is 1. The first-order valence-corrected chi connectivity index (χ1v) is 4.23. The summed E-state index contributed by atoms with van der Waals surface area (Å²) < 4.78 is 0. The first kappa shape index (κ1) is 10.5. The highest BCUT2D eigenvalue weighted by Gasteiger charge is 2.25. The highest BCUT2D eigenvalue weighted by Crippen LogP contribution is 2.06. The Hall–Kier alpha value is -1.63. The van der Waals surface area contributed by atoms with Gasteiger partial charge in [-0.1, -0.05) is 0 Å². The van der Waals surface area contributed by atoms with E-state index in [9.17, 15) is 4.79 Å². The molecule has 0 spiro atoms. The predicted molar refractivity (Wildman–Crippen MR) is 52.7 cm³/mol. The lowest BCUT2D eigenvalue weighted by molar-refractivity contribution is -0.123. The number of carbonyl (C=O) groups excluding carboxylic acids is 1. The number of nitrogens with one attached hydrogen (secondary N) is 1. The second-order valence-corrected chi connectivity index (χ2v) is 3.18. The van der Waals surface area contributed by atoms with E-state index in [2.05, 4.69) is 4.99 Å². The van der Waals surface area contributed by atoms with Crippen LogP contribution < -0.4 is 17.2 Å². The molecule has 1 heterocycles. The Morgan fingerprint density at radius 1 is 1.50 bits per heavy atom. The average Bonchev–Trinajstić information content (AvgIpc) is 2.49. The molecule has 1 atom stereocenters. The van der Waals surface area contributed by atoms with Gasteiger partial charge >= 0.3 is 0 Å². The van der Waals surface area contributed by atoms with Crippen LogP contribution in [-0.2, 0) is 4.79 Å². The molecule has 0 aliphatic carbocycles. The summed E-state index contributed by atoms with van der Waals surface area (Å²) in [5.41, 5.74) is 15.9. The van der Waals surface area contributed by atoms with Crippen molar-refractivity contribution in [3.05, 3.63) is 0 Å². The third-order valence-corrected chi connectivity index (χ3v) is 1.97. The van der Waals surface area contributed by atoms with E-state index in [1.54, 1.807) is 0 Å². The fraction of sp³-hybridized carbons (Fsp3) is 0.571. The van der Waals surface area contributed by atoms with Gasteiger partial charge in [0.25, 0.3) is 5.91 Å². The van der Waals surface area contributed by atoms with Gasteiger partial charge in [0.2, 0.25) is 5.96 Å². The van der Waals surface area contributed by atoms with Crippen molar-refractivity contribution in [1.82, 2.24) is 4.90 Å². The number of amides is 1. The van der Waals surface area contributed by atoms with Gasteiger partial charge in [-0.2, -0.15) is 4.99 Å². The second kappa shape index (κ2) is 4.05. The first-order chi connectivity index (χ1) is 6.50. The number of likely N-dealkylation sites (tertiary alicyclic amines) is 1. The zero-order valence-electron chi connectivity index (χ0n) is 7.73. The summed E-state index contributed by atoms with van der Waals surface area (Å²) >= 11 is 0. The van der Waals surface area contributed by atoms with Crippen LogP contribution >= 0.6 is 0 Å². The maximum absolute atomic E-state index is 11.5. The minimum Gasteiger partial charge on any atom is -0.379 e. The van der Waals surface area contributed by atoms with E-state index < -0.39 is 11.9 Å². The van der Waals surface area contributed by atoms with E-state index in [4.69, 9.17) is 22.6 Å². The average molecular weight is 198 g/mol. The van der Waals surface area contributed by atoms with Crippen LogP contribution in [0.2, 0.25) is 0 Å². The SMILES string of the molecule is N=C(N)N=C(N)C(=O)N1CCC(N)C1. The third-order valence-electron chi connectivity index (χ3n) is 1.97. The normalized spacial score (nSPS) is 22.5. The molecule has 14 heavy (non-hydrogen) atoms. The van der Waals surface area contributed by atoms with Gasteiger partial charge in [0.15, 0.2) is 5.84 Å². The standard InChI is InChI=1S/C7H14N6O/c8-4-1-2-13(3-4)6(14)5(9)12-7(10)11/h4H,1-3,8H2,(H5,9,10,11,12). The molecule has 1 unspecified atom stereocenters. The molecule has 0 aromatic rings. The Labute approximate surface area is 81.4 Å². The number of hydrogen-bond donors (Lipinski definition) is 4. The molecular weight excluding hydrogens is 184 g/mol. The fourth-order valence-electron chi connectivity index (χ4n) is 1.31. The zero-order chi connectivity index (χ0) is 10.7. The number of aliphatic imine (C=N–C) groups is 1. The van der Waals surface area contributed by atoms with Crippen molar-refractivity contribution in [2.45, 2.75) is 12.5 Å². The summed E-state index contributed by atoms with van der Waals surface area (Å²) in [5.74, 6) is -1.14. The Kier molecular flexibility index (Phi) is 3.03. The molecule has 0 saturated carbocycles. The minimum absolute atomic E-state index is 0.00378. The van der Waals surface area contributed by atoms with Crippen molar-refractivity contribution in [2.24, 2.45) is 22.2 Å². The first-order valence-electron chi connectivity index (χ1n) is 4.23. The summed E-state index contributed by atoms with van der Waals surface area (Å²) in [4.78, 5) is 16.4. The van der Waals surface area contributed by atoms with Crippen molar-refractivity contribution >= 4 is 17.7 Å². The summed E-state index contributed by atoms with van der Waals surface area (Å²) in [6.45, 7) is 1.06. The van der Waals surface area contributed by atoms with Crippen LogP contribution in [0.1, 0.15) is 6.42 Å². The van der Waals surface area contributed by atoms with Crippen LogP contribution in [0, 0.1) is 5.41 Å². The molecule has 7 heteroatoms. The molecule has 1 rings (SSSR count). The van der Waals surface area contributed by atoms with Crippen molar-refractivity contribution in [1.29, 1.82) is 5.41 Å². The van der Waals surface area contributed by atoms with Crippen LogP contribution in [0.3, 0.4) is 0 Å². The van der Waals surface area contributed by atoms with Crippen molar-refractivity contribution in [2.75, 3.05) is 13.1 Å². The highest BCUT2D eigenvalue weighted by molar-refractivity contribution is 6.38. The molecule has 78 valence electrons. The summed E-state index contributed by atoms with van der Waals surface area (Å²) in [6, 6.07) is 0.00378. The van der Waals surface area contributed by atoms with Gasteiger partial charge in [-0.15, -0.1) is 0 Å². The summed E-state index contributed by atoms with van der Waals surface area (Å²) in [5, 5.41) is 6.84. The van der Waals surface area contributed by atoms with Gasteiger partial charge in [-0.25, -0.2) is 0 Å². The molecule has 0 bridgehead atoms. The van der Waals surface area contributed by atoms with Crippen LogP contribution in [0.5, 0.6) is 0 Å². The molecule has 7 nitrogen and oxygen atoms in total. The molecular formula is C7H14N6O. The Morgan fingerprint density at radius 3 is 2.57 bits per heavy atom. The highest BCUT2D eigenvalue weighted by atomic mass is 16.2. The maximum Gasteiger partial charge on any atom is 0.289 e. The lowest BCUT2D eigenvalue weighted by Gasteiger charge is -2.14. The number of amidine groups is 1. The second-order valence-electron chi connectivity index (χ2n) is 3.18. The molecule has 1 amide bonds. The Bertz CT molecular complexity index is 286. The lowest BCUT2D eigenvalue weighted by Crippen LogP contribution is -2.41. The smallest absolute Gasteiger partial charge is 0.289 e. The van der Waals surface area contributed by atoms with Gasteiger partial charge in [0, 0.05) is 19.1 Å². The predicted octanol–water partition coefficient (Wildman–Crippen LogP) is -2.20. The van der Waals surface area contributed by atoms with E-state index in [1.807, 2.05) is 0 Å². The molecule has 7 N–H and O–H groups in total. The number of nitrogens with zero attached hydrogens (tertiary/aromatic N) is 2. The Balaban J connectivity index is 2.61. The van der Waals surface area contributed by atoms with Gasteiger partial charge < -0.3 is 22.1 Å². The molecule has 0 aromatic heterocycles. The van der Waals surface area contributed by atoms with Crippen LogP contribution in [0.25, 0.3) is 0 Å². The number of hydrogen-bond acceptors (Lipinski definition) is 3. The monoisotopic (exact) mass is 198 g/mol. The largest absolute Gasteiger partial charge is 0.379 e. The molecule has 1 aliphatic rings. The fourth-order valence-corrected chi connectivity index (χ4v) is 1.31. The Morgan fingerprint density at radius 2 is 2.14 bits per heavy atom. The quantitative estimate of drug-likeness (QED) is 0.259. The molecule has 1 fully saturated rings. The van der Waals surface area contributed by atoms with E-state index in [0.29, 0.717) is 13.1 Å². The summed E-state index contributed by atoms with van der Waals surface area (Å²) in [6.07, 6.45) is 0.763. The minimum atomic E-state index is -0.473. The summed E-state index contributed by atoms with van der Waals surface area (Å²) in [7, 11) is 0. The zero-order valence-corrected chi connectivity index (χ0v) is 7.73. The molecule has 1 saturated heterocycles. The van der Waals surface area contributed by atoms with E-state index in [0.717, 1.165) is 6.42 Å². The third kappa shape index (κ3) is 2.43. The van der Waals surface area contributed by atoms with Crippen LogP contribution in [-0.4, -0.2) is 41.7 Å². The number of rotatable bonds is 0. The lowest BCUT2D eigenvalue weighted by atomic mass is 10.3. The van der Waals surface area contributed by atoms with Crippen LogP contribution in [0.15, 0.2) is 4.99 Å². The van der Waals surface area contributed by atoms with Crippen molar-refractivity contribution in [3.63, 3.8) is 0 Å². The number of guanidine groups is 1. The van der Waals surface area contributed by atoms with Gasteiger partial charge in [0.05, 0.1) is 0 Å². The van der Waals surface area contributed by atoms with Gasteiger partial charge in [-0.05, 0) is 6.42 Å². The van der Waals surface area contributed by atoms with Crippen LogP contribution in [0.4, 0.5) is 0 Å². The van der Waals surface area contributed by atoms with Crippen molar-refractivity contribution in [3.8, 4) is 0 Å². The van der Waals surface area contributed by atoms with Gasteiger partial charge in [-0.3, -0.25) is 10.2 Å². The molecule has 0 aromatic carbocycles. The van der Waals surface area contributed by atoms with E-state index >= 15 is 0 Å². The maximum atomic E-state index is 11.5. The van der Waals surface area contributed by atoms with E-state index in [1.165, 1.54) is 4.90 Å². The van der Waals surface area contributed by atoms with E-state index in [-0.39, 0.29) is 11.9 Å². The molecule has 0 radical (unpaired) electrons. The van der Waals surface area contributed by atoms with Crippen molar-refractivity contribution < 1.29 is 4.79 Å².